The number of hydrogen-bond donors (Lipinski definition) is 2. The average molecular weight is 786 g/mol. The summed E-state index contributed by atoms with van der Waals surface area (Å²) in [5, 5.41) is 0. The number of hydrogen-bond acceptors (Lipinski definition) is 7. The zero-order valence-corrected chi connectivity index (χ0v) is 36.4. The highest BCUT2D eigenvalue weighted by atomic mass is 31.2. The Balaban J connectivity index is 3.97. The summed E-state index contributed by atoms with van der Waals surface area (Å²) in [6.07, 6.45) is 47.7. The number of rotatable bonds is 44. The standard InChI is InChI=1S/C45H88NO7P/c1-3-5-7-9-11-13-15-17-19-20-21-22-23-25-27-29-31-33-35-37-40-50-42-44(43-52-54(48,49)51-41-39-46)53-45(47)38-36-34-32-30-28-26-24-18-16-14-12-10-8-6-4-2/h12,14,18,24,44H,3-11,13,15-17,19-23,25-43,46H2,1-2H3,(H,48,49)/b14-12-,24-18-. The first-order chi connectivity index (χ1) is 26.4. The van der Waals surface area contributed by atoms with Crippen molar-refractivity contribution in [2.75, 3.05) is 33.0 Å². The Kier molecular flexibility index (Phi) is 42.3. The lowest BCUT2D eigenvalue weighted by molar-refractivity contribution is -0.154. The van der Waals surface area contributed by atoms with Gasteiger partial charge in [-0.15, -0.1) is 0 Å². The Morgan fingerprint density at radius 2 is 0.981 bits per heavy atom. The lowest BCUT2D eigenvalue weighted by Crippen LogP contribution is -2.28. The molecule has 0 radical (unpaired) electrons. The molecule has 54 heavy (non-hydrogen) atoms. The zero-order valence-electron chi connectivity index (χ0n) is 35.5. The highest BCUT2D eigenvalue weighted by Gasteiger charge is 2.25. The van der Waals surface area contributed by atoms with Crippen LogP contribution in [0.4, 0.5) is 0 Å². The largest absolute Gasteiger partial charge is 0.472 e. The molecule has 0 aromatic rings. The van der Waals surface area contributed by atoms with Crippen molar-refractivity contribution in [1.82, 2.24) is 0 Å². The van der Waals surface area contributed by atoms with Gasteiger partial charge in [-0.2, -0.15) is 0 Å². The molecule has 0 spiro atoms. The Hall–Kier alpha value is -1.02. The van der Waals surface area contributed by atoms with E-state index in [9.17, 15) is 14.3 Å². The molecule has 0 aliphatic carbocycles. The average Bonchev–Trinajstić information content (AvgIpc) is 3.16. The highest BCUT2D eigenvalue weighted by Crippen LogP contribution is 2.43. The molecule has 0 rings (SSSR count). The van der Waals surface area contributed by atoms with Crippen molar-refractivity contribution in [3.63, 3.8) is 0 Å². The summed E-state index contributed by atoms with van der Waals surface area (Å²) < 4.78 is 33.5. The van der Waals surface area contributed by atoms with Gasteiger partial charge in [0.15, 0.2) is 0 Å². The summed E-state index contributed by atoms with van der Waals surface area (Å²) >= 11 is 0. The summed E-state index contributed by atoms with van der Waals surface area (Å²) in [6.45, 7) is 4.92. The van der Waals surface area contributed by atoms with Gasteiger partial charge >= 0.3 is 13.8 Å². The number of phosphoric ester groups is 1. The molecule has 0 saturated heterocycles. The second-order valence-corrected chi connectivity index (χ2v) is 16.7. The molecule has 0 bridgehead atoms. The lowest BCUT2D eigenvalue weighted by Gasteiger charge is -2.20. The maximum Gasteiger partial charge on any atom is 0.472 e. The van der Waals surface area contributed by atoms with E-state index in [0.717, 1.165) is 57.8 Å². The van der Waals surface area contributed by atoms with E-state index in [4.69, 9.17) is 24.3 Å². The fourth-order valence-electron chi connectivity index (χ4n) is 6.50. The second-order valence-electron chi connectivity index (χ2n) is 15.3. The van der Waals surface area contributed by atoms with Gasteiger partial charge in [0.05, 0.1) is 19.8 Å². The van der Waals surface area contributed by atoms with Crippen molar-refractivity contribution in [2.45, 2.75) is 225 Å². The molecule has 9 heteroatoms. The number of phosphoric acid groups is 1. The van der Waals surface area contributed by atoms with Crippen LogP contribution in [0.3, 0.4) is 0 Å². The minimum atomic E-state index is -4.28. The number of unbranched alkanes of at least 4 members (excludes halogenated alkanes) is 27. The summed E-state index contributed by atoms with van der Waals surface area (Å²) in [5.74, 6) is -0.340. The summed E-state index contributed by atoms with van der Waals surface area (Å²) in [6, 6.07) is 0. The molecule has 0 fully saturated rings. The fourth-order valence-corrected chi connectivity index (χ4v) is 7.26. The third-order valence-corrected chi connectivity index (χ3v) is 10.9. The van der Waals surface area contributed by atoms with E-state index in [1.54, 1.807) is 0 Å². The van der Waals surface area contributed by atoms with E-state index >= 15 is 0 Å². The van der Waals surface area contributed by atoms with Gasteiger partial charge in [-0.25, -0.2) is 4.57 Å². The maximum absolute atomic E-state index is 12.6. The van der Waals surface area contributed by atoms with Gasteiger partial charge in [0.1, 0.15) is 6.10 Å². The molecule has 0 aromatic heterocycles. The Morgan fingerprint density at radius 1 is 0.556 bits per heavy atom. The van der Waals surface area contributed by atoms with E-state index in [1.165, 1.54) is 141 Å². The molecule has 2 atom stereocenters. The first-order valence-corrected chi connectivity index (χ1v) is 24.3. The predicted octanol–water partition coefficient (Wildman–Crippen LogP) is 13.6. The molecule has 0 aromatic carbocycles. The number of carbonyl (C=O) groups excluding carboxylic acids is 1. The number of esters is 1. The van der Waals surface area contributed by atoms with Crippen LogP contribution in [-0.4, -0.2) is 49.9 Å². The predicted molar refractivity (Wildman–Crippen MR) is 229 cm³/mol. The van der Waals surface area contributed by atoms with Crippen LogP contribution >= 0.6 is 7.82 Å². The van der Waals surface area contributed by atoms with Crippen molar-refractivity contribution < 1.29 is 32.8 Å². The van der Waals surface area contributed by atoms with Crippen LogP contribution in [-0.2, 0) is 27.9 Å². The number of allylic oxidation sites excluding steroid dienone is 4. The summed E-state index contributed by atoms with van der Waals surface area (Å²) in [4.78, 5) is 22.5. The number of ether oxygens (including phenoxy) is 2. The van der Waals surface area contributed by atoms with Crippen molar-refractivity contribution in [2.24, 2.45) is 5.73 Å². The maximum atomic E-state index is 12.6. The van der Waals surface area contributed by atoms with Gasteiger partial charge in [0.25, 0.3) is 0 Å². The zero-order chi connectivity index (χ0) is 39.5. The van der Waals surface area contributed by atoms with Crippen molar-refractivity contribution in [3.8, 4) is 0 Å². The Bertz CT molecular complexity index is 884. The Morgan fingerprint density at radius 3 is 1.48 bits per heavy atom. The third kappa shape index (κ3) is 42.1. The van der Waals surface area contributed by atoms with Gasteiger partial charge in [-0.1, -0.05) is 192 Å². The molecule has 0 amide bonds. The van der Waals surface area contributed by atoms with E-state index in [0.29, 0.717) is 13.0 Å². The molecular weight excluding hydrogens is 697 g/mol. The first-order valence-electron chi connectivity index (χ1n) is 22.8. The minimum Gasteiger partial charge on any atom is -0.457 e. The van der Waals surface area contributed by atoms with Crippen molar-refractivity contribution in [1.29, 1.82) is 0 Å². The second kappa shape index (κ2) is 43.1. The molecule has 320 valence electrons. The molecule has 0 saturated carbocycles. The summed E-state index contributed by atoms with van der Waals surface area (Å²) in [5.41, 5.74) is 5.37. The van der Waals surface area contributed by atoms with E-state index in [2.05, 4.69) is 38.2 Å². The smallest absolute Gasteiger partial charge is 0.457 e. The van der Waals surface area contributed by atoms with Crippen LogP contribution < -0.4 is 5.73 Å². The van der Waals surface area contributed by atoms with Gasteiger partial charge in [0.2, 0.25) is 0 Å². The van der Waals surface area contributed by atoms with Crippen molar-refractivity contribution >= 4 is 13.8 Å². The van der Waals surface area contributed by atoms with Crippen molar-refractivity contribution in [3.05, 3.63) is 24.3 Å². The number of carbonyl (C=O) groups is 1. The van der Waals surface area contributed by atoms with Gasteiger partial charge < -0.3 is 20.1 Å². The molecule has 3 N–H and O–H groups in total. The molecule has 0 heterocycles. The quantitative estimate of drug-likeness (QED) is 0.0271. The van der Waals surface area contributed by atoms with Crippen LogP contribution in [0, 0.1) is 0 Å². The van der Waals surface area contributed by atoms with Gasteiger partial charge in [-0.3, -0.25) is 13.8 Å². The minimum absolute atomic E-state index is 0.0962. The topological polar surface area (TPSA) is 117 Å². The third-order valence-electron chi connectivity index (χ3n) is 9.87. The Labute approximate surface area is 334 Å². The van der Waals surface area contributed by atoms with E-state index < -0.39 is 13.9 Å². The molecule has 8 nitrogen and oxygen atoms in total. The van der Waals surface area contributed by atoms with Crippen LogP contribution in [0.15, 0.2) is 24.3 Å². The van der Waals surface area contributed by atoms with Gasteiger partial charge in [0, 0.05) is 19.6 Å². The monoisotopic (exact) mass is 786 g/mol. The molecule has 0 aliphatic rings. The van der Waals surface area contributed by atoms with E-state index in [-0.39, 0.29) is 32.3 Å². The SMILES string of the molecule is CCCCC/C=C\C/C=C\CCCCCCCC(=O)OC(COCCCCCCCCCCCCCCCCCCCCCC)COP(=O)(O)OCCN. The van der Waals surface area contributed by atoms with Crippen LogP contribution in [0.1, 0.15) is 219 Å². The highest BCUT2D eigenvalue weighted by molar-refractivity contribution is 7.47. The van der Waals surface area contributed by atoms with E-state index in [1.807, 2.05) is 0 Å². The lowest BCUT2D eigenvalue weighted by atomic mass is 10.0. The molecule has 2 unspecified atom stereocenters. The normalized spacial score (nSPS) is 13.6. The number of nitrogens with two attached hydrogens (primary N) is 1. The first kappa shape index (κ1) is 53.0. The van der Waals surface area contributed by atoms with Crippen LogP contribution in [0.2, 0.25) is 0 Å². The molecular formula is C45H88NO7P. The molecule has 0 aliphatic heterocycles. The fraction of sp³-hybridized carbons (Fsp3) is 0.889. The van der Waals surface area contributed by atoms with Crippen LogP contribution in [0.5, 0.6) is 0 Å². The van der Waals surface area contributed by atoms with Crippen LogP contribution in [0.25, 0.3) is 0 Å². The van der Waals surface area contributed by atoms with Gasteiger partial charge in [-0.05, 0) is 44.9 Å². The summed E-state index contributed by atoms with van der Waals surface area (Å²) in [7, 11) is -4.28.